The Morgan fingerprint density at radius 2 is 2.10 bits per heavy atom. The summed E-state index contributed by atoms with van der Waals surface area (Å²) in [6.07, 6.45) is -0.233. The number of aliphatic carboxylic acids is 1. The van der Waals surface area contributed by atoms with Gasteiger partial charge in [0.25, 0.3) is 5.91 Å². The van der Waals surface area contributed by atoms with Gasteiger partial charge in [-0.15, -0.1) is 0 Å². The summed E-state index contributed by atoms with van der Waals surface area (Å²) in [5.74, 6) is -2.47. The third-order valence-electron chi connectivity index (χ3n) is 3.70. The topological polar surface area (TPSA) is 73.4 Å². The number of hydrogen-bond donors (Lipinski definition) is 2. The van der Waals surface area contributed by atoms with E-state index in [2.05, 4.69) is 4.98 Å². The zero-order chi connectivity index (χ0) is 15.2. The van der Waals surface area contributed by atoms with Crippen molar-refractivity contribution in [1.29, 1.82) is 0 Å². The van der Waals surface area contributed by atoms with Gasteiger partial charge in [0.1, 0.15) is 11.5 Å². The number of hydrogen-bond acceptors (Lipinski definition) is 2. The highest BCUT2D eigenvalue weighted by Crippen LogP contribution is 2.27. The van der Waals surface area contributed by atoms with Crippen molar-refractivity contribution in [2.24, 2.45) is 0 Å². The quantitative estimate of drug-likeness (QED) is 0.889. The molecule has 0 spiro atoms. The van der Waals surface area contributed by atoms with Crippen LogP contribution >= 0.6 is 0 Å². The number of amides is 1. The summed E-state index contributed by atoms with van der Waals surface area (Å²) in [7, 11) is 0. The van der Waals surface area contributed by atoms with Gasteiger partial charge in [0, 0.05) is 23.9 Å². The van der Waals surface area contributed by atoms with E-state index < -0.39 is 29.9 Å². The van der Waals surface area contributed by atoms with Crippen LogP contribution in [-0.2, 0) is 4.79 Å². The predicted molar refractivity (Wildman–Crippen MR) is 70.3 cm³/mol. The lowest BCUT2D eigenvalue weighted by Gasteiger charge is -2.16. The molecule has 1 amide bonds. The lowest BCUT2D eigenvalue weighted by Crippen LogP contribution is -2.39. The van der Waals surface area contributed by atoms with Crippen molar-refractivity contribution in [3.63, 3.8) is 0 Å². The molecule has 1 aromatic carbocycles. The smallest absolute Gasteiger partial charge is 0.343 e. The first-order valence-corrected chi connectivity index (χ1v) is 6.39. The van der Waals surface area contributed by atoms with Crippen molar-refractivity contribution in [2.45, 2.75) is 12.1 Å². The maximum Gasteiger partial charge on any atom is 0.343 e. The van der Waals surface area contributed by atoms with Crippen LogP contribution in [0, 0.1) is 5.82 Å². The van der Waals surface area contributed by atoms with E-state index in [1.807, 2.05) is 0 Å². The molecule has 0 bridgehead atoms. The van der Waals surface area contributed by atoms with Gasteiger partial charge in [0.05, 0.1) is 6.54 Å². The molecule has 0 radical (unpaired) electrons. The third kappa shape index (κ3) is 2.24. The number of fused-ring (bicyclic) bond motifs is 1. The summed E-state index contributed by atoms with van der Waals surface area (Å²) >= 11 is 0. The van der Waals surface area contributed by atoms with Gasteiger partial charge < -0.3 is 15.0 Å². The normalized spacial score (nSPS) is 21.9. The van der Waals surface area contributed by atoms with Gasteiger partial charge in [-0.3, -0.25) is 4.79 Å². The first-order chi connectivity index (χ1) is 9.89. The minimum absolute atomic E-state index is 0.0331. The SMILES string of the molecule is O=C(c1cc2cc(F)ccc2[nH]1)N1CCC(F)(C(=O)O)C1. The largest absolute Gasteiger partial charge is 0.479 e. The van der Waals surface area contributed by atoms with Crippen LogP contribution in [0.15, 0.2) is 24.3 Å². The molecule has 1 aliphatic heterocycles. The van der Waals surface area contributed by atoms with Crippen molar-refractivity contribution in [2.75, 3.05) is 13.1 Å². The van der Waals surface area contributed by atoms with E-state index in [-0.39, 0.29) is 18.7 Å². The number of nitrogens with zero attached hydrogens (tertiary/aromatic N) is 1. The van der Waals surface area contributed by atoms with Gasteiger partial charge in [-0.25, -0.2) is 13.6 Å². The molecule has 21 heavy (non-hydrogen) atoms. The minimum atomic E-state index is -2.40. The van der Waals surface area contributed by atoms with Crippen LogP contribution in [0.2, 0.25) is 0 Å². The summed E-state index contributed by atoms with van der Waals surface area (Å²) < 4.78 is 27.1. The molecule has 0 aliphatic carbocycles. The fraction of sp³-hybridized carbons (Fsp3) is 0.286. The van der Waals surface area contributed by atoms with E-state index in [4.69, 9.17) is 5.11 Å². The van der Waals surface area contributed by atoms with Crippen molar-refractivity contribution in [1.82, 2.24) is 9.88 Å². The fourth-order valence-corrected chi connectivity index (χ4v) is 2.51. The van der Waals surface area contributed by atoms with Crippen LogP contribution < -0.4 is 0 Å². The Hall–Kier alpha value is -2.44. The molecular formula is C14H12F2N2O3. The van der Waals surface area contributed by atoms with Crippen LogP contribution in [0.5, 0.6) is 0 Å². The molecule has 1 saturated heterocycles. The second-order valence-corrected chi connectivity index (χ2v) is 5.16. The van der Waals surface area contributed by atoms with E-state index in [1.54, 1.807) is 0 Å². The molecule has 3 rings (SSSR count). The summed E-state index contributed by atoms with van der Waals surface area (Å²) in [6.45, 7) is -0.448. The van der Waals surface area contributed by atoms with Crippen molar-refractivity contribution >= 4 is 22.8 Å². The van der Waals surface area contributed by atoms with E-state index in [9.17, 15) is 18.4 Å². The highest BCUT2D eigenvalue weighted by Gasteiger charge is 2.47. The fourth-order valence-electron chi connectivity index (χ4n) is 2.51. The monoisotopic (exact) mass is 294 g/mol. The van der Waals surface area contributed by atoms with Gasteiger partial charge in [-0.1, -0.05) is 0 Å². The molecule has 7 heteroatoms. The Kier molecular flexibility index (Phi) is 2.93. The number of alkyl halides is 1. The lowest BCUT2D eigenvalue weighted by molar-refractivity contribution is -0.149. The van der Waals surface area contributed by atoms with Gasteiger partial charge >= 0.3 is 5.97 Å². The van der Waals surface area contributed by atoms with Crippen LogP contribution in [0.3, 0.4) is 0 Å². The molecule has 2 aromatic rings. The molecule has 2 heterocycles. The second-order valence-electron chi connectivity index (χ2n) is 5.16. The van der Waals surface area contributed by atoms with Gasteiger partial charge in [-0.05, 0) is 24.3 Å². The second kappa shape index (κ2) is 4.54. The molecule has 1 fully saturated rings. The Morgan fingerprint density at radius 3 is 2.76 bits per heavy atom. The molecule has 2 N–H and O–H groups in total. The van der Waals surface area contributed by atoms with E-state index >= 15 is 0 Å². The van der Waals surface area contributed by atoms with Crippen molar-refractivity contribution < 1.29 is 23.5 Å². The first-order valence-electron chi connectivity index (χ1n) is 6.39. The number of halogens is 2. The maximum atomic E-state index is 14.0. The number of nitrogens with one attached hydrogen (secondary N) is 1. The minimum Gasteiger partial charge on any atom is -0.479 e. The van der Waals surface area contributed by atoms with E-state index in [1.165, 1.54) is 24.3 Å². The number of aromatic nitrogens is 1. The Balaban J connectivity index is 1.86. The van der Waals surface area contributed by atoms with E-state index in [0.717, 1.165) is 4.90 Å². The number of aromatic amines is 1. The summed E-state index contributed by atoms with van der Waals surface area (Å²) in [4.78, 5) is 27.1. The molecule has 5 nitrogen and oxygen atoms in total. The average Bonchev–Trinajstić information content (AvgIpc) is 3.02. The average molecular weight is 294 g/mol. The van der Waals surface area contributed by atoms with E-state index in [0.29, 0.717) is 10.9 Å². The Bertz CT molecular complexity index is 743. The van der Waals surface area contributed by atoms with Crippen LogP contribution in [0.25, 0.3) is 10.9 Å². The highest BCUT2D eigenvalue weighted by molar-refractivity contribution is 5.98. The predicted octanol–water partition coefficient (Wildman–Crippen LogP) is 1.95. The number of carbonyl (C=O) groups excluding carboxylic acids is 1. The molecule has 1 aromatic heterocycles. The maximum absolute atomic E-state index is 14.0. The summed E-state index contributed by atoms with van der Waals surface area (Å²) in [6, 6.07) is 5.52. The van der Waals surface area contributed by atoms with Gasteiger partial charge in [0.2, 0.25) is 5.67 Å². The number of rotatable bonds is 2. The lowest BCUT2D eigenvalue weighted by atomic mass is 10.1. The number of H-pyrrole nitrogens is 1. The van der Waals surface area contributed by atoms with Gasteiger partial charge in [-0.2, -0.15) is 0 Å². The third-order valence-corrected chi connectivity index (χ3v) is 3.70. The summed E-state index contributed by atoms with van der Waals surface area (Å²) in [5, 5.41) is 9.35. The van der Waals surface area contributed by atoms with Crippen LogP contribution in [0.4, 0.5) is 8.78 Å². The molecule has 110 valence electrons. The highest BCUT2D eigenvalue weighted by atomic mass is 19.1. The zero-order valence-corrected chi connectivity index (χ0v) is 10.9. The standard InChI is InChI=1S/C14H12F2N2O3/c15-9-1-2-10-8(5-9)6-11(17-10)12(19)18-4-3-14(16,7-18)13(20)21/h1-2,5-6,17H,3-4,7H2,(H,20,21). The number of likely N-dealkylation sites (tertiary alicyclic amines) is 1. The molecule has 1 aliphatic rings. The zero-order valence-electron chi connectivity index (χ0n) is 10.9. The molecular weight excluding hydrogens is 282 g/mol. The Morgan fingerprint density at radius 1 is 1.33 bits per heavy atom. The molecule has 0 saturated carbocycles. The van der Waals surface area contributed by atoms with Crippen LogP contribution in [0.1, 0.15) is 16.9 Å². The van der Waals surface area contributed by atoms with Crippen LogP contribution in [-0.4, -0.2) is 45.6 Å². The number of benzene rings is 1. The number of carbonyl (C=O) groups is 2. The first kappa shape index (κ1) is 13.5. The number of carboxylic acids is 1. The molecule has 1 atom stereocenters. The van der Waals surface area contributed by atoms with Gasteiger partial charge in [0.15, 0.2) is 0 Å². The summed E-state index contributed by atoms with van der Waals surface area (Å²) in [5.41, 5.74) is -1.62. The van der Waals surface area contributed by atoms with Crippen molar-refractivity contribution in [3.05, 3.63) is 35.8 Å². The molecule has 1 unspecified atom stereocenters. The number of carboxylic acid groups (broad SMARTS) is 1. The van der Waals surface area contributed by atoms with Crippen molar-refractivity contribution in [3.8, 4) is 0 Å². The Labute approximate surface area is 118 Å².